The molecular weight excluding hydrogens is 264 g/mol. The summed E-state index contributed by atoms with van der Waals surface area (Å²) < 4.78 is 1.75. The Morgan fingerprint density at radius 3 is 2.57 bits per heavy atom. The van der Waals surface area contributed by atoms with Crippen molar-refractivity contribution >= 4 is 5.91 Å². The molecule has 5 nitrogen and oxygen atoms in total. The summed E-state index contributed by atoms with van der Waals surface area (Å²) in [7, 11) is 0. The minimum Gasteiger partial charge on any atom is -0.347 e. The van der Waals surface area contributed by atoms with Crippen molar-refractivity contribution in [3.63, 3.8) is 0 Å². The van der Waals surface area contributed by atoms with Gasteiger partial charge in [0.25, 0.3) is 5.91 Å². The number of carbonyl (C=O) groups is 1. The lowest BCUT2D eigenvalue weighted by molar-refractivity contribution is 0.0909. The zero-order chi connectivity index (χ0) is 15.3. The molecule has 2 aromatic rings. The van der Waals surface area contributed by atoms with Crippen LogP contribution in [-0.2, 0) is 6.54 Å². The molecule has 1 heterocycles. The van der Waals surface area contributed by atoms with E-state index in [9.17, 15) is 4.79 Å². The van der Waals surface area contributed by atoms with E-state index >= 15 is 0 Å². The third-order valence-corrected chi connectivity index (χ3v) is 3.35. The average molecular weight is 286 g/mol. The summed E-state index contributed by atoms with van der Waals surface area (Å²) in [4.78, 5) is 16.1. The topological polar surface area (TPSA) is 59.8 Å². The highest BCUT2D eigenvalue weighted by molar-refractivity contribution is 5.94. The van der Waals surface area contributed by atoms with Crippen molar-refractivity contribution in [3.8, 4) is 0 Å². The van der Waals surface area contributed by atoms with Gasteiger partial charge in [-0.3, -0.25) is 4.79 Å². The van der Waals surface area contributed by atoms with Crippen LogP contribution in [0.25, 0.3) is 0 Å². The van der Waals surface area contributed by atoms with Gasteiger partial charge in [-0.1, -0.05) is 25.5 Å². The molecule has 21 heavy (non-hydrogen) atoms. The van der Waals surface area contributed by atoms with Gasteiger partial charge in [0.2, 0.25) is 0 Å². The molecule has 0 bridgehead atoms. The van der Waals surface area contributed by atoms with Gasteiger partial charge in [0.15, 0.2) is 0 Å². The first-order chi connectivity index (χ1) is 10.00. The van der Waals surface area contributed by atoms with Gasteiger partial charge in [-0.05, 0) is 38.0 Å². The predicted octanol–water partition coefficient (Wildman–Crippen LogP) is 2.63. The molecule has 0 fully saturated rings. The molecule has 1 aromatic heterocycles. The fraction of sp³-hybridized carbons (Fsp3) is 0.438. The summed E-state index contributed by atoms with van der Waals surface area (Å²) in [5.41, 5.74) is 1.59. The summed E-state index contributed by atoms with van der Waals surface area (Å²) in [6, 6.07) is 7.60. The number of hydrogen-bond acceptors (Lipinski definition) is 3. The largest absolute Gasteiger partial charge is 0.347 e. The summed E-state index contributed by atoms with van der Waals surface area (Å²) in [6.45, 7) is 6.87. The van der Waals surface area contributed by atoms with Crippen LogP contribution in [0.3, 0.4) is 0 Å². The maximum atomic E-state index is 12.2. The van der Waals surface area contributed by atoms with E-state index in [0.717, 1.165) is 18.4 Å². The molecule has 1 aromatic carbocycles. The Labute approximate surface area is 125 Å². The maximum absolute atomic E-state index is 12.2. The number of amides is 1. The molecule has 0 radical (unpaired) electrons. The summed E-state index contributed by atoms with van der Waals surface area (Å²) >= 11 is 0. The van der Waals surface area contributed by atoms with Gasteiger partial charge in [0.05, 0.1) is 6.54 Å². The number of hydrogen-bond donors (Lipinski definition) is 1. The van der Waals surface area contributed by atoms with Crippen LogP contribution in [0, 0.1) is 0 Å². The van der Waals surface area contributed by atoms with Crippen LogP contribution in [-0.4, -0.2) is 26.2 Å². The zero-order valence-corrected chi connectivity index (χ0v) is 12.8. The number of carbonyl (C=O) groups excluding carboxylic acids is 1. The minimum absolute atomic E-state index is 0.0271. The molecular formula is C16H22N4O. The zero-order valence-electron chi connectivity index (χ0n) is 12.8. The second-order valence-electron chi connectivity index (χ2n) is 5.88. The summed E-state index contributed by atoms with van der Waals surface area (Å²) in [6.07, 6.45) is 5.19. The molecule has 112 valence electrons. The predicted molar refractivity (Wildman–Crippen MR) is 82.0 cm³/mol. The Hall–Kier alpha value is -2.17. The van der Waals surface area contributed by atoms with Crippen LogP contribution in [0.2, 0.25) is 0 Å². The lowest BCUT2D eigenvalue weighted by atomic mass is 9.98. The van der Waals surface area contributed by atoms with Crippen molar-refractivity contribution in [2.75, 3.05) is 0 Å². The SMILES string of the molecule is CCCC(C)(C)NC(=O)c1ccc(Cn2cncn2)cc1. The Morgan fingerprint density at radius 1 is 1.29 bits per heavy atom. The van der Waals surface area contributed by atoms with Gasteiger partial charge in [0, 0.05) is 11.1 Å². The summed E-state index contributed by atoms with van der Waals surface area (Å²) in [5, 5.41) is 7.14. The van der Waals surface area contributed by atoms with Gasteiger partial charge in [-0.15, -0.1) is 0 Å². The van der Waals surface area contributed by atoms with Crippen molar-refractivity contribution in [1.82, 2.24) is 20.1 Å². The van der Waals surface area contributed by atoms with Crippen molar-refractivity contribution in [2.24, 2.45) is 0 Å². The van der Waals surface area contributed by atoms with E-state index in [-0.39, 0.29) is 11.4 Å². The Kier molecular flexibility index (Phi) is 4.73. The molecule has 0 aliphatic rings. The van der Waals surface area contributed by atoms with Crippen molar-refractivity contribution < 1.29 is 4.79 Å². The quantitative estimate of drug-likeness (QED) is 0.888. The highest BCUT2D eigenvalue weighted by Crippen LogP contribution is 2.13. The molecule has 0 saturated carbocycles. The molecule has 0 aliphatic carbocycles. The average Bonchev–Trinajstić information content (AvgIpc) is 2.91. The number of rotatable bonds is 6. The molecule has 1 N–H and O–H groups in total. The van der Waals surface area contributed by atoms with Gasteiger partial charge in [-0.25, -0.2) is 9.67 Å². The number of nitrogens with zero attached hydrogens (tertiary/aromatic N) is 3. The minimum atomic E-state index is -0.175. The molecule has 0 atom stereocenters. The molecule has 0 unspecified atom stereocenters. The van der Waals surface area contributed by atoms with Crippen LogP contribution in [0.15, 0.2) is 36.9 Å². The van der Waals surface area contributed by atoms with Crippen molar-refractivity contribution in [1.29, 1.82) is 0 Å². The van der Waals surface area contributed by atoms with Crippen LogP contribution in [0.4, 0.5) is 0 Å². The van der Waals surface area contributed by atoms with Gasteiger partial charge in [-0.2, -0.15) is 5.10 Å². The second kappa shape index (κ2) is 6.52. The Balaban J connectivity index is 2.00. The third-order valence-electron chi connectivity index (χ3n) is 3.35. The van der Waals surface area contributed by atoms with Crippen molar-refractivity contribution in [3.05, 3.63) is 48.0 Å². The second-order valence-corrected chi connectivity index (χ2v) is 5.88. The van der Waals surface area contributed by atoms with E-state index in [1.165, 1.54) is 6.33 Å². The third kappa shape index (κ3) is 4.41. The first-order valence-corrected chi connectivity index (χ1v) is 7.24. The van der Waals surface area contributed by atoms with Gasteiger partial charge >= 0.3 is 0 Å². The number of nitrogens with one attached hydrogen (secondary N) is 1. The van der Waals surface area contributed by atoms with Crippen LogP contribution < -0.4 is 5.32 Å². The molecule has 2 rings (SSSR count). The Bertz CT molecular complexity index is 573. The lowest BCUT2D eigenvalue weighted by Gasteiger charge is -2.25. The fourth-order valence-corrected chi connectivity index (χ4v) is 2.33. The van der Waals surface area contributed by atoms with E-state index in [2.05, 4.69) is 22.3 Å². The van der Waals surface area contributed by atoms with E-state index in [4.69, 9.17) is 0 Å². The summed E-state index contributed by atoms with van der Waals surface area (Å²) in [5.74, 6) is -0.0271. The standard InChI is InChI=1S/C16H22N4O/c1-4-9-16(2,3)19-15(21)14-7-5-13(6-8-14)10-20-12-17-11-18-20/h5-8,11-12H,4,9-10H2,1-3H3,(H,19,21). The molecule has 1 amide bonds. The number of benzene rings is 1. The normalized spacial score (nSPS) is 11.4. The first kappa shape index (κ1) is 15.2. The highest BCUT2D eigenvalue weighted by Gasteiger charge is 2.19. The molecule has 0 aliphatic heterocycles. The lowest BCUT2D eigenvalue weighted by Crippen LogP contribution is -2.43. The van der Waals surface area contributed by atoms with Crippen LogP contribution in [0.5, 0.6) is 0 Å². The number of aromatic nitrogens is 3. The van der Waals surface area contributed by atoms with Crippen molar-refractivity contribution in [2.45, 2.75) is 45.7 Å². The van der Waals surface area contributed by atoms with E-state index < -0.39 is 0 Å². The molecule has 5 heteroatoms. The molecule has 0 saturated heterocycles. The highest BCUT2D eigenvalue weighted by atomic mass is 16.1. The first-order valence-electron chi connectivity index (χ1n) is 7.24. The maximum Gasteiger partial charge on any atom is 0.251 e. The van der Waals surface area contributed by atoms with E-state index in [1.54, 1.807) is 11.0 Å². The smallest absolute Gasteiger partial charge is 0.251 e. The fourth-order valence-electron chi connectivity index (χ4n) is 2.33. The van der Waals surface area contributed by atoms with Crippen LogP contribution in [0.1, 0.15) is 49.5 Å². The Morgan fingerprint density at radius 2 is 2.00 bits per heavy atom. The van der Waals surface area contributed by atoms with Crippen LogP contribution >= 0.6 is 0 Å². The van der Waals surface area contributed by atoms with E-state index in [0.29, 0.717) is 12.1 Å². The van der Waals surface area contributed by atoms with Gasteiger partial charge < -0.3 is 5.32 Å². The van der Waals surface area contributed by atoms with E-state index in [1.807, 2.05) is 38.1 Å². The monoisotopic (exact) mass is 286 g/mol. The van der Waals surface area contributed by atoms with Gasteiger partial charge in [0.1, 0.15) is 12.7 Å². The molecule has 0 spiro atoms.